The first-order valence-electron chi connectivity index (χ1n) is 10.9. The van der Waals surface area contributed by atoms with E-state index in [9.17, 15) is 27.9 Å². The molecule has 12 heteroatoms. The molecule has 0 saturated heterocycles. The first-order chi connectivity index (χ1) is 17.3. The summed E-state index contributed by atoms with van der Waals surface area (Å²) in [7, 11) is 2.94. The lowest BCUT2D eigenvalue weighted by Gasteiger charge is -2.37. The Hall–Kier alpha value is -3.83. The number of carboxylic acids is 1. The molecule has 4 rings (SSSR count). The molecule has 4 aromatic rings. The van der Waals surface area contributed by atoms with E-state index in [1.807, 2.05) is 0 Å². The molecule has 2 aromatic heterocycles. The van der Waals surface area contributed by atoms with Gasteiger partial charge in [-0.25, -0.2) is 14.6 Å². The molecule has 0 bridgehead atoms. The standard InChI is InChI=1S/C25H21ClF3N3O5/c1-13(17-7-6-16(11-18(17)26)37-21-9-4-14(12-30-21)22(33)34)24(36,25(27,28)29)15-5-8-19-20(10-15)32(3)23(35)31(19)2/h4-13,36H,1-3H3,(H,33,34)/t13-,24-/m0/s1. The monoisotopic (exact) mass is 535 g/mol. The van der Waals surface area contributed by atoms with Gasteiger partial charge in [0, 0.05) is 37.3 Å². The number of aliphatic hydroxyl groups is 1. The number of imidazole rings is 1. The van der Waals surface area contributed by atoms with Gasteiger partial charge in [0.05, 0.1) is 16.6 Å². The number of benzene rings is 2. The van der Waals surface area contributed by atoms with Crippen LogP contribution in [-0.2, 0) is 19.7 Å². The van der Waals surface area contributed by atoms with Crippen LogP contribution in [0.4, 0.5) is 13.2 Å². The lowest BCUT2D eigenvalue weighted by Crippen LogP contribution is -2.46. The molecule has 0 radical (unpaired) electrons. The number of rotatable bonds is 6. The summed E-state index contributed by atoms with van der Waals surface area (Å²) in [5, 5.41) is 20.1. The normalized spacial score (nSPS) is 14.4. The molecule has 0 fully saturated rings. The minimum Gasteiger partial charge on any atom is -0.478 e. The van der Waals surface area contributed by atoms with Crippen LogP contribution in [0.15, 0.2) is 59.5 Å². The van der Waals surface area contributed by atoms with Gasteiger partial charge in [0.1, 0.15) is 5.75 Å². The van der Waals surface area contributed by atoms with Crippen LogP contribution in [0.1, 0.15) is 34.3 Å². The molecule has 0 amide bonds. The fourth-order valence-corrected chi connectivity index (χ4v) is 4.57. The van der Waals surface area contributed by atoms with Crippen molar-refractivity contribution in [2.24, 2.45) is 14.1 Å². The number of hydrogen-bond donors (Lipinski definition) is 2. The van der Waals surface area contributed by atoms with E-state index in [0.717, 1.165) is 18.3 Å². The van der Waals surface area contributed by atoms with Gasteiger partial charge in [-0.3, -0.25) is 9.13 Å². The van der Waals surface area contributed by atoms with Crippen LogP contribution < -0.4 is 10.4 Å². The van der Waals surface area contributed by atoms with E-state index in [-0.39, 0.29) is 33.3 Å². The molecule has 194 valence electrons. The number of fused-ring (bicyclic) bond motifs is 1. The minimum absolute atomic E-state index is 0.00470. The van der Waals surface area contributed by atoms with Gasteiger partial charge >= 0.3 is 17.8 Å². The predicted molar refractivity (Wildman–Crippen MR) is 129 cm³/mol. The number of halogens is 4. The number of carbonyl (C=O) groups is 1. The molecule has 37 heavy (non-hydrogen) atoms. The SMILES string of the molecule is C[C@@H](c1ccc(Oc2ccc(C(=O)O)cn2)cc1Cl)[C@](O)(c1ccc2c(c1)n(C)c(=O)n2C)C(F)(F)F. The topological polar surface area (TPSA) is 107 Å². The number of aromatic carboxylic acids is 1. The smallest absolute Gasteiger partial charge is 0.422 e. The van der Waals surface area contributed by atoms with E-state index in [4.69, 9.17) is 21.4 Å². The molecular weight excluding hydrogens is 515 g/mol. The van der Waals surface area contributed by atoms with Gasteiger partial charge in [-0.15, -0.1) is 0 Å². The quantitative estimate of drug-likeness (QED) is 0.361. The van der Waals surface area contributed by atoms with Crippen LogP contribution in [0.25, 0.3) is 11.0 Å². The third-order valence-corrected chi connectivity index (χ3v) is 6.74. The van der Waals surface area contributed by atoms with Crippen molar-refractivity contribution in [3.63, 3.8) is 0 Å². The van der Waals surface area contributed by atoms with E-state index in [1.165, 1.54) is 66.6 Å². The van der Waals surface area contributed by atoms with Crippen molar-refractivity contribution in [1.29, 1.82) is 0 Å². The van der Waals surface area contributed by atoms with Gasteiger partial charge in [0.25, 0.3) is 0 Å². The molecule has 2 atom stereocenters. The van der Waals surface area contributed by atoms with Crippen LogP contribution in [0.5, 0.6) is 11.6 Å². The number of alkyl halides is 3. The lowest BCUT2D eigenvalue weighted by molar-refractivity contribution is -0.274. The zero-order valence-corrected chi connectivity index (χ0v) is 20.5. The Morgan fingerprint density at radius 2 is 1.73 bits per heavy atom. The fourth-order valence-electron chi connectivity index (χ4n) is 4.24. The van der Waals surface area contributed by atoms with Crippen molar-refractivity contribution >= 4 is 28.6 Å². The number of carboxylic acid groups (broad SMARTS) is 1. The zero-order chi connectivity index (χ0) is 27.3. The molecule has 2 aromatic carbocycles. The van der Waals surface area contributed by atoms with E-state index < -0.39 is 34.9 Å². The molecule has 0 aliphatic heterocycles. The van der Waals surface area contributed by atoms with E-state index >= 15 is 0 Å². The van der Waals surface area contributed by atoms with Crippen molar-refractivity contribution in [1.82, 2.24) is 14.1 Å². The highest BCUT2D eigenvalue weighted by Crippen LogP contribution is 2.50. The van der Waals surface area contributed by atoms with E-state index in [2.05, 4.69) is 4.98 Å². The molecule has 0 spiro atoms. The number of pyridine rings is 1. The second kappa shape index (κ2) is 9.24. The lowest BCUT2D eigenvalue weighted by atomic mass is 9.77. The Balaban J connectivity index is 1.72. The zero-order valence-electron chi connectivity index (χ0n) is 19.7. The molecule has 2 N–H and O–H groups in total. The third-order valence-electron chi connectivity index (χ3n) is 6.42. The average molecular weight is 536 g/mol. The summed E-state index contributed by atoms with van der Waals surface area (Å²) in [4.78, 5) is 27.1. The van der Waals surface area contributed by atoms with Crippen molar-refractivity contribution in [3.05, 3.63) is 86.9 Å². The van der Waals surface area contributed by atoms with Gasteiger partial charge in [-0.2, -0.15) is 13.2 Å². The Morgan fingerprint density at radius 3 is 2.30 bits per heavy atom. The summed E-state index contributed by atoms with van der Waals surface area (Å²) < 4.78 is 51.4. The Labute approximate surface area is 213 Å². The molecule has 0 unspecified atom stereocenters. The number of nitrogens with zero attached hydrogens (tertiary/aromatic N) is 3. The van der Waals surface area contributed by atoms with Crippen LogP contribution in [0, 0.1) is 0 Å². The van der Waals surface area contributed by atoms with Crippen molar-refractivity contribution in [3.8, 4) is 11.6 Å². The Morgan fingerprint density at radius 1 is 1.05 bits per heavy atom. The van der Waals surface area contributed by atoms with Crippen LogP contribution in [-0.4, -0.2) is 36.5 Å². The third kappa shape index (κ3) is 4.44. The second-order valence-corrected chi connectivity index (χ2v) is 8.97. The van der Waals surface area contributed by atoms with Crippen LogP contribution in [0.3, 0.4) is 0 Å². The van der Waals surface area contributed by atoms with Crippen molar-refractivity contribution < 1.29 is 32.9 Å². The van der Waals surface area contributed by atoms with Gasteiger partial charge in [0.2, 0.25) is 5.88 Å². The van der Waals surface area contributed by atoms with Crippen LogP contribution >= 0.6 is 11.6 Å². The van der Waals surface area contributed by atoms with Crippen molar-refractivity contribution in [2.45, 2.75) is 24.6 Å². The maximum Gasteiger partial charge on any atom is 0.422 e. The second-order valence-electron chi connectivity index (χ2n) is 8.57. The maximum absolute atomic E-state index is 14.5. The Kier molecular flexibility index (Phi) is 6.55. The van der Waals surface area contributed by atoms with E-state index in [0.29, 0.717) is 5.52 Å². The average Bonchev–Trinajstić information content (AvgIpc) is 3.06. The summed E-state index contributed by atoms with van der Waals surface area (Å²) in [5.74, 6) is -2.52. The van der Waals surface area contributed by atoms with Crippen molar-refractivity contribution in [2.75, 3.05) is 0 Å². The fraction of sp³-hybridized carbons (Fsp3) is 0.240. The summed E-state index contributed by atoms with van der Waals surface area (Å²) in [6.45, 7) is 1.20. The van der Waals surface area contributed by atoms with Gasteiger partial charge in [-0.1, -0.05) is 30.7 Å². The first-order valence-corrected chi connectivity index (χ1v) is 11.2. The number of hydrogen-bond acceptors (Lipinski definition) is 5. The molecule has 0 aliphatic rings. The first kappa shape index (κ1) is 26.2. The van der Waals surface area contributed by atoms with Gasteiger partial charge < -0.3 is 14.9 Å². The highest BCUT2D eigenvalue weighted by molar-refractivity contribution is 6.31. The molecule has 8 nitrogen and oxygen atoms in total. The van der Waals surface area contributed by atoms with E-state index in [1.54, 1.807) is 0 Å². The summed E-state index contributed by atoms with van der Waals surface area (Å²) in [6, 6.07) is 10.2. The minimum atomic E-state index is -5.10. The molecule has 2 heterocycles. The molecule has 0 aliphatic carbocycles. The summed E-state index contributed by atoms with van der Waals surface area (Å²) >= 11 is 6.34. The Bertz CT molecular complexity index is 1560. The van der Waals surface area contributed by atoms with Crippen LogP contribution in [0.2, 0.25) is 5.02 Å². The summed E-state index contributed by atoms with van der Waals surface area (Å²) in [6.07, 6.45) is -4.00. The van der Waals surface area contributed by atoms with Gasteiger partial charge in [0.15, 0.2) is 5.60 Å². The van der Waals surface area contributed by atoms with Gasteiger partial charge in [-0.05, 0) is 41.5 Å². The number of aryl methyl sites for hydroxylation is 2. The highest BCUT2D eigenvalue weighted by atomic mass is 35.5. The predicted octanol–water partition coefficient (Wildman–Crippen LogP) is 4.97. The molecular formula is C25H21ClF3N3O5. The molecule has 0 saturated carbocycles. The number of aromatic nitrogens is 3. The highest BCUT2D eigenvalue weighted by Gasteiger charge is 2.59. The largest absolute Gasteiger partial charge is 0.478 e. The summed E-state index contributed by atoms with van der Waals surface area (Å²) in [5.41, 5.74) is -3.59. The number of ether oxygens (including phenoxy) is 1. The maximum atomic E-state index is 14.5.